The second-order valence-corrected chi connectivity index (χ2v) is 5.94. The fourth-order valence-electron chi connectivity index (χ4n) is 3.08. The van der Waals surface area contributed by atoms with Crippen LogP contribution in [0.15, 0.2) is 48.5 Å². The van der Waals surface area contributed by atoms with Crippen LogP contribution in [0.5, 0.6) is 0 Å². The summed E-state index contributed by atoms with van der Waals surface area (Å²) in [4.78, 5) is 13.6. The maximum absolute atomic E-state index is 13.9. The zero-order valence-electron chi connectivity index (χ0n) is 13.1. The van der Waals surface area contributed by atoms with Crippen molar-refractivity contribution in [1.82, 2.24) is 5.32 Å². The number of hydrogen-bond donors (Lipinski definition) is 2. The van der Waals surface area contributed by atoms with Gasteiger partial charge in [-0.3, -0.25) is 10.1 Å². The number of carbonyl (C=O) groups is 1. The van der Waals surface area contributed by atoms with E-state index < -0.39 is 23.6 Å². The number of nitrogens with one attached hydrogen (secondary N) is 1. The van der Waals surface area contributed by atoms with Crippen molar-refractivity contribution in [3.63, 3.8) is 0 Å². The van der Waals surface area contributed by atoms with E-state index in [0.29, 0.717) is 18.8 Å². The molecule has 1 fully saturated rings. The number of nitrogens with zero attached hydrogens (tertiary/aromatic N) is 1. The molecule has 1 aliphatic rings. The maximum atomic E-state index is 13.9. The number of halogens is 2. The largest absolute Gasteiger partial charge is 0.368 e. The minimum Gasteiger partial charge on any atom is -0.368 e. The van der Waals surface area contributed by atoms with Crippen molar-refractivity contribution >= 4 is 11.6 Å². The molecule has 0 aliphatic carbocycles. The van der Waals surface area contributed by atoms with Crippen LogP contribution in [0.25, 0.3) is 0 Å². The Kier molecular flexibility index (Phi) is 4.76. The molecule has 0 spiro atoms. The summed E-state index contributed by atoms with van der Waals surface area (Å²) in [7, 11) is 0. The van der Waals surface area contributed by atoms with Crippen LogP contribution in [0.3, 0.4) is 0 Å². The molecule has 126 valence electrons. The van der Waals surface area contributed by atoms with Crippen molar-refractivity contribution in [3.05, 3.63) is 65.7 Å². The van der Waals surface area contributed by atoms with Crippen LogP contribution in [-0.4, -0.2) is 25.0 Å². The lowest BCUT2D eigenvalue weighted by molar-refractivity contribution is -0.120. The Labute approximate surface area is 139 Å². The van der Waals surface area contributed by atoms with Gasteiger partial charge in [0.2, 0.25) is 5.91 Å². The van der Waals surface area contributed by atoms with Gasteiger partial charge in [-0.25, -0.2) is 8.78 Å². The normalized spacial score (nSPS) is 18.6. The van der Waals surface area contributed by atoms with Crippen molar-refractivity contribution in [2.45, 2.75) is 18.5 Å². The lowest BCUT2D eigenvalue weighted by Crippen LogP contribution is -2.41. The summed E-state index contributed by atoms with van der Waals surface area (Å²) in [5.41, 5.74) is 6.69. The van der Waals surface area contributed by atoms with Gasteiger partial charge in [-0.1, -0.05) is 30.3 Å². The topological polar surface area (TPSA) is 58.4 Å². The first-order valence-electron chi connectivity index (χ1n) is 7.85. The Morgan fingerprint density at radius 1 is 1.21 bits per heavy atom. The zero-order valence-corrected chi connectivity index (χ0v) is 13.1. The van der Waals surface area contributed by atoms with Gasteiger partial charge in [0.15, 0.2) is 0 Å². The molecule has 0 saturated carbocycles. The molecule has 1 saturated heterocycles. The minimum absolute atomic E-state index is 0.00726. The summed E-state index contributed by atoms with van der Waals surface area (Å²) >= 11 is 0. The van der Waals surface area contributed by atoms with Crippen LogP contribution in [0.4, 0.5) is 14.5 Å². The first-order chi connectivity index (χ1) is 11.5. The lowest BCUT2D eigenvalue weighted by atomic mass is 10.1. The highest BCUT2D eigenvalue weighted by Crippen LogP contribution is 2.25. The third-order valence-electron chi connectivity index (χ3n) is 4.26. The molecule has 0 bridgehead atoms. The molecule has 3 N–H and O–H groups in total. The third-order valence-corrected chi connectivity index (χ3v) is 4.26. The fourth-order valence-corrected chi connectivity index (χ4v) is 3.08. The Balaban J connectivity index is 1.70. The van der Waals surface area contributed by atoms with E-state index in [1.165, 1.54) is 12.1 Å². The molecule has 0 radical (unpaired) electrons. The van der Waals surface area contributed by atoms with Crippen LogP contribution in [0.2, 0.25) is 0 Å². The fraction of sp³-hybridized carbons (Fsp3) is 0.278. The Morgan fingerprint density at radius 3 is 2.62 bits per heavy atom. The average molecular weight is 331 g/mol. The van der Waals surface area contributed by atoms with Gasteiger partial charge >= 0.3 is 0 Å². The van der Waals surface area contributed by atoms with E-state index in [2.05, 4.69) is 5.32 Å². The number of hydrogen-bond acceptors (Lipinski definition) is 3. The van der Waals surface area contributed by atoms with Gasteiger partial charge in [0.05, 0.1) is 5.69 Å². The van der Waals surface area contributed by atoms with Crippen molar-refractivity contribution in [1.29, 1.82) is 0 Å². The molecule has 4 nitrogen and oxygen atoms in total. The predicted molar refractivity (Wildman–Crippen MR) is 88.5 cm³/mol. The second-order valence-electron chi connectivity index (χ2n) is 5.94. The van der Waals surface area contributed by atoms with Crippen molar-refractivity contribution in [3.8, 4) is 0 Å². The van der Waals surface area contributed by atoms with E-state index >= 15 is 0 Å². The summed E-state index contributed by atoms with van der Waals surface area (Å²) in [5, 5.41) is 3.25. The Morgan fingerprint density at radius 2 is 1.96 bits per heavy atom. The molecule has 2 atom stereocenters. The highest BCUT2D eigenvalue weighted by molar-refractivity contribution is 5.81. The van der Waals surface area contributed by atoms with E-state index in [9.17, 15) is 13.6 Å². The molecular weight excluding hydrogens is 312 g/mol. The molecule has 2 aromatic carbocycles. The molecule has 6 heteroatoms. The van der Waals surface area contributed by atoms with Gasteiger partial charge in [-0.2, -0.15) is 0 Å². The third kappa shape index (κ3) is 3.54. The number of benzene rings is 2. The Bertz CT molecular complexity index is 723. The van der Waals surface area contributed by atoms with Crippen LogP contribution >= 0.6 is 0 Å². The standard InChI is InChI=1S/C18H19F2N3O/c19-13-6-7-16(15(20)10-13)23-9-8-14(11-23)22-17(18(21)24)12-4-2-1-3-5-12/h1-7,10,14,17,22H,8-9,11H2,(H2,21,24)/t14-,17+/m1/s1. The number of primary amides is 1. The quantitative estimate of drug-likeness (QED) is 0.884. The summed E-state index contributed by atoms with van der Waals surface area (Å²) in [5.74, 6) is -1.62. The SMILES string of the molecule is NC(=O)[C@@H](N[C@@H]1CCN(c2ccc(F)cc2F)C1)c1ccccc1. The summed E-state index contributed by atoms with van der Waals surface area (Å²) in [6, 6.07) is 12.2. The number of nitrogens with two attached hydrogens (primary N) is 1. The van der Waals surface area contributed by atoms with E-state index in [1.54, 1.807) is 0 Å². The van der Waals surface area contributed by atoms with Crippen LogP contribution in [-0.2, 0) is 4.79 Å². The maximum Gasteiger partial charge on any atom is 0.239 e. The van der Waals surface area contributed by atoms with Crippen molar-refractivity contribution in [2.75, 3.05) is 18.0 Å². The average Bonchev–Trinajstić information content (AvgIpc) is 3.01. The molecule has 0 unspecified atom stereocenters. The van der Waals surface area contributed by atoms with Crippen molar-refractivity contribution in [2.24, 2.45) is 5.73 Å². The number of anilines is 1. The summed E-state index contributed by atoms with van der Waals surface area (Å²) in [6.07, 6.45) is 0.743. The second kappa shape index (κ2) is 6.97. The molecule has 0 aromatic heterocycles. The Hall–Kier alpha value is -2.47. The minimum atomic E-state index is -0.594. The smallest absolute Gasteiger partial charge is 0.239 e. The van der Waals surface area contributed by atoms with Gasteiger partial charge in [-0.05, 0) is 24.1 Å². The summed E-state index contributed by atoms with van der Waals surface area (Å²) in [6.45, 7) is 1.15. The molecule has 1 heterocycles. The molecular formula is C18H19F2N3O. The summed E-state index contributed by atoms with van der Waals surface area (Å²) < 4.78 is 26.9. The monoisotopic (exact) mass is 331 g/mol. The number of amides is 1. The van der Waals surface area contributed by atoms with Gasteiger partial charge < -0.3 is 10.6 Å². The van der Waals surface area contributed by atoms with Crippen LogP contribution in [0, 0.1) is 11.6 Å². The zero-order chi connectivity index (χ0) is 17.1. The first-order valence-corrected chi connectivity index (χ1v) is 7.85. The molecule has 1 amide bonds. The van der Waals surface area contributed by atoms with Gasteiger partial charge in [0.1, 0.15) is 17.7 Å². The van der Waals surface area contributed by atoms with E-state index in [4.69, 9.17) is 5.73 Å². The van der Waals surface area contributed by atoms with Gasteiger partial charge in [0, 0.05) is 25.2 Å². The first kappa shape index (κ1) is 16.4. The molecule has 3 rings (SSSR count). The van der Waals surface area contributed by atoms with E-state index in [-0.39, 0.29) is 6.04 Å². The van der Waals surface area contributed by atoms with Crippen LogP contribution in [0.1, 0.15) is 18.0 Å². The molecule has 2 aromatic rings. The van der Waals surface area contributed by atoms with Gasteiger partial charge in [0.25, 0.3) is 0 Å². The van der Waals surface area contributed by atoms with Crippen LogP contribution < -0.4 is 16.0 Å². The highest BCUT2D eigenvalue weighted by atomic mass is 19.1. The highest BCUT2D eigenvalue weighted by Gasteiger charge is 2.28. The van der Waals surface area contributed by atoms with Crippen molar-refractivity contribution < 1.29 is 13.6 Å². The predicted octanol–water partition coefficient (Wildman–Crippen LogP) is 2.36. The molecule has 1 aliphatic heterocycles. The number of carbonyl (C=O) groups excluding carboxylic acids is 1. The van der Waals surface area contributed by atoms with E-state index in [0.717, 1.165) is 18.1 Å². The van der Waals surface area contributed by atoms with E-state index in [1.807, 2.05) is 35.2 Å². The van der Waals surface area contributed by atoms with Gasteiger partial charge in [-0.15, -0.1) is 0 Å². The number of rotatable bonds is 5. The lowest BCUT2D eigenvalue weighted by Gasteiger charge is -2.22. The molecule has 24 heavy (non-hydrogen) atoms.